The lowest BCUT2D eigenvalue weighted by atomic mass is 9.95. The lowest BCUT2D eigenvalue weighted by Gasteiger charge is -2.35. The molecule has 0 bridgehead atoms. The fraction of sp³-hybridized carbons (Fsp3) is 0.529. The van der Waals surface area contributed by atoms with Gasteiger partial charge in [0.25, 0.3) is 0 Å². The van der Waals surface area contributed by atoms with Crippen molar-refractivity contribution in [2.45, 2.75) is 50.3 Å². The van der Waals surface area contributed by atoms with Crippen LogP contribution in [0.2, 0.25) is 5.02 Å². The minimum atomic E-state index is -0.363. The van der Waals surface area contributed by atoms with Crippen LogP contribution in [0.5, 0.6) is 0 Å². The van der Waals surface area contributed by atoms with Crippen molar-refractivity contribution in [3.05, 3.63) is 34.3 Å². The topological polar surface area (TPSA) is 61.8 Å². The second-order valence-corrected chi connectivity index (χ2v) is 6.70. The normalized spacial score (nSPS) is 23.6. The summed E-state index contributed by atoms with van der Waals surface area (Å²) in [5.74, 6) is -0.693. The van der Waals surface area contributed by atoms with Gasteiger partial charge < -0.3 is 14.2 Å². The number of esters is 2. The van der Waals surface area contributed by atoms with E-state index in [4.69, 9.17) is 25.8 Å². The highest BCUT2D eigenvalue weighted by molar-refractivity contribution is 9.08. The molecule has 2 rings (SSSR count). The van der Waals surface area contributed by atoms with Gasteiger partial charge in [-0.1, -0.05) is 39.7 Å². The molecule has 7 heteroatoms. The van der Waals surface area contributed by atoms with Gasteiger partial charge >= 0.3 is 11.9 Å². The maximum Gasteiger partial charge on any atom is 0.302 e. The van der Waals surface area contributed by atoms with E-state index in [1.807, 2.05) is 18.2 Å². The lowest BCUT2D eigenvalue weighted by Crippen LogP contribution is -2.36. The van der Waals surface area contributed by atoms with Crippen LogP contribution in [-0.2, 0) is 29.1 Å². The summed E-state index contributed by atoms with van der Waals surface area (Å²) in [5, 5.41) is 1.32. The van der Waals surface area contributed by atoms with Crippen LogP contribution in [-0.4, -0.2) is 30.8 Å². The number of hydrogen-bond donors (Lipinski definition) is 0. The maximum atomic E-state index is 11.3. The molecule has 24 heavy (non-hydrogen) atoms. The van der Waals surface area contributed by atoms with Gasteiger partial charge in [0, 0.05) is 37.0 Å². The van der Waals surface area contributed by atoms with Crippen molar-refractivity contribution in [1.82, 2.24) is 0 Å². The van der Waals surface area contributed by atoms with Crippen LogP contribution in [0.25, 0.3) is 0 Å². The molecule has 5 nitrogen and oxygen atoms in total. The first-order valence-corrected chi connectivity index (χ1v) is 9.19. The second-order valence-electron chi connectivity index (χ2n) is 5.74. The molecule has 1 aliphatic heterocycles. The minimum absolute atomic E-state index is 0.141. The molecule has 1 aromatic rings. The molecule has 132 valence electrons. The van der Waals surface area contributed by atoms with Crippen LogP contribution in [0, 0.1) is 0 Å². The Morgan fingerprint density at radius 3 is 2.67 bits per heavy atom. The molecule has 0 saturated carbocycles. The monoisotopic (exact) mass is 418 g/mol. The van der Waals surface area contributed by atoms with Gasteiger partial charge in [0.2, 0.25) is 0 Å². The van der Waals surface area contributed by atoms with Gasteiger partial charge in [-0.05, 0) is 17.2 Å². The summed E-state index contributed by atoms with van der Waals surface area (Å²) < 4.78 is 16.5. The summed E-state index contributed by atoms with van der Waals surface area (Å²) in [6.07, 6.45) is 0.214. The molecular formula is C17H20BrClO5. The fourth-order valence-corrected chi connectivity index (χ4v) is 3.54. The molecule has 1 aromatic carbocycles. The number of rotatable bonds is 5. The summed E-state index contributed by atoms with van der Waals surface area (Å²) in [7, 11) is 0. The van der Waals surface area contributed by atoms with Crippen molar-refractivity contribution < 1.29 is 23.8 Å². The van der Waals surface area contributed by atoms with Crippen LogP contribution in [0.3, 0.4) is 0 Å². The Kier molecular flexibility index (Phi) is 7.07. The Hall–Kier alpha value is -1.11. The molecule has 3 unspecified atom stereocenters. The number of alkyl halides is 1. The molecule has 0 amide bonds. The molecule has 3 atom stereocenters. The quantitative estimate of drug-likeness (QED) is 0.534. The SMILES string of the molecule is CC(=O)OCC1CC(OC(C)=O)CC(c2ccc(Cl)c(CBr)c2)O1. The van der Waals surface area contributed by atoms with Gasteiger partial charge in [0.15, 0.2) is 0 Å². The highest BCUT2D eigenvalue weighted by Crippen LogP contribution is 2.35. The second kappa shape index (κ2) is 8.83. The molecule has 0 aliphatic carbocycles. The summed E-state index contributed by atoms with van der Waals surface area (Å²) in [4.78, 5) is 22.3. The van der Waals surface area contributed by atoms with Crippen LogP contribution in [0.15, 0.2) is 18.2 Å². The molecular weight excluding hydrogens is 400 g/mol. The number of hydrogen-bond acceptors (Lipinski definition) is 5. The predicted octanol–water partition coefficient (Wildman–Crippen LogP) is 3.95. The molecule has 0 aromatic heterocycles. The van der Waals surface area contributed by atoms with E-state index in [2.05, 4.69) is 15.9 Å². The Morgan fingerprint density at radius 1 is 1.29 bits per heavy atom. The number of ether oxygens (including phenoxy) is 3. The van der Waals surface area contributed by atoms with Crippen LogP contribution in [0.1, 0.15) is 43.9 Å². The van der Waals surface area contributed by atoms with Crippen molar-refractivity contribution in [3.63, 3.8) is 0 Å². The van der Waals surface area contributed by atoms with Gasteiger partial charge in [-0.2, -0.15) is 0 Å². The molecule has 1 heterocycles. The van der Waals surface area contributed by atoms with E-state index in [-0.39, 0.29) is 36.9 Å². The van der Waals surface area contributed by atoms with Crippen LogP contribution < -0.4 is 0 Å². The van der Waals surface area contributed by atoms with Crippen molar-refractivity contribution in [1.29, 1.82) is 0 Å². The molecule has 0 N–H and O–H groups in total. The van der Waals surface area contributed by atoms with E-state index in [1.54, 1.807) is 0 Å². The third-order valence-electron chi connectivity index (χ3n) is 3.75. The van der Waals surface area contributed by atoms with E-state index >= 15 is 0 Å². The lowest BCUT2D eigenvalue weighted by molar-refractivity contribution is -0.169. The van der Waals surface area contributed by atoms with Gasteiger partial charge in [0.05, 0.1) is 12.2 Å². The Morgan fingerprint density at radius 2 is 2.04 bits per heavy atom. The maximum absolute atomic E-state index is 11.3. The Bertz CT molecular complexity index is 607. The first kappa shape index (κ1) is 19.2. The van der Waals surface area contributed by atoms with Crippen molar-refractivity contribution in [3.8, 4) is 0 Å². The predicted molar refractivity (Wildman–Crippen MR) is 93.1 cm³/mol. The minimum Gasteiger partial charge on any atom is -0.463 e. The third-order valence-corrected chi connectivity index (χ3v) is 4.72. The molecule has 1 fully saturated rings. The number of carbonyl (C=O) groups excluding carboxylic acids is 2. The highest BCUT2D eigenvalue weighted by atomic mass is 79.9. The number of carbonyl (C=O) groups is 2. The van der Waals surface area contributed by atoms with Gasteiger partial charge in [0.1, 0.15) is 12.7 Å². The van der Waals surface area contributed by atoms with E-state index in [1.165, 1.54) is 13.8 Å². The van der Waals surface area contributed by atoms with E-state index in [0.717, 1.165) is 11.1 Å². The molecule has 1 saturated heterocycles. The standard InChI is InChI=1S/C17H20BrClO5/c1-10(20)22-9-15-6-14(23-11(2)21)7-17(24-15)12-3-4-16(19)13(5-12)8-18/h3-5,14-15,17H,6-9H2,1-2H3. The average Bonchev–Trinajstić information content (AvgIpc) is 2.52. The first-order valence-electron chi connectivity index (χ1n) is 7.69. The zero-order valence-corrected chi connectivity index (χ0v) is 15.9. The van der Waals surface area contributed by atoms with E-state index < -0.39 is 0 Å². The highest BCUT2D eigenvalue weighted by Gasteiger charge is 2.33. The summed E-state index contributed by atoms with van der Waals surface area (Å²) >= 11 is 9.56. The molecule has 0 spiro atoms. The average molecular weight is 420 g/mol. The van der Waals surface area contributed by atoms with Gasteiger partial charge in [-0.25, -0.2) is 0 Å². The Labute approximate surface area is 154 Å². The summed E-state index contributed by atoms with van der Waals surface area (Å²) in [6, 6.07) is 5.70. The molecule has 1 aliphatic rings. The largest absolute Gasteiger partial charge is 0.463 e. The first-order chi connectivity index (χ1) is 11.4. The van der Waals surface area contributed by atoms with Gasteiger partial charge in [-0.15, -0.1) is 0 Å². The van der Waals surface area contributed by atoms with Crippen molar-refractivity contribution in [2.24, 2.45) is 0 Å². The zero-order chi connectivity index (χ0) is 17.7. The Balaban J connectivity index is 2.16. The van der Waals surface area contributed by atoms with Gasteiger partial charge in [-0.3, -0.25) is 9.59 Å². The number of halogens is 2. The third kappa shape index (κ3) is 5.46. The number of benzene rings is 1. The van der Waals surface area contributed by atoms with E-state index in [0.29, 0.717) is 23.2 Å². The van der Waals surface area contributed by atoms with E-state index in [9.17, 15) is 9.59 Å². The zero-order valence-electron chi connectivity index (χ0n) is 13.6. The smallest absolute Gasteiger partial charge is 0.302 e. The fourth-order valence-electron chi connectivity index (χ4n) is 2.73. The van der Waals surface area contributed by atoms with Crippen molar-refractivity contribution >= 4 is 39.5 Å². The summed E-state index contributed by atoms with van der Waals surface area (Å²) in [6.45, 7) is 2.88. The van der Waals surface area contributed by atoms with Crippen molar-refractivity contribution in [2.75, 3.05) is 6.61 Å². The summed E-state index contributed by atoms with van der Waals surface area (Å²) in [5.41, 5.74) is 1.92. The van der Waals surface area contributed by atoms with Crippen LogP contribution >= 0.6 is 27.5 Å². The molecule has 0 radical (unpaired) electrons. The van der Waals surface area contributed by atoms with Crippen LogP contribution in [0.4, 0.5) is 0 Å².